The van der Waals surface area contributed by atoms with E-state index < -0.39 is 0 Å². The van der Waals surface area contributed by atoms with Crippen molar-refractivity contribution in [1.82, 2.24) is 25.3 Å². The third-order valence-corrected chi connectivity index (χ3v) is 3.10. The van der Waals surface area contributed by atoms with Gasteiger partial charge in [0.15, 0.2) is 0 Å². The minimum Gasteiger partial charge on any atom is -0.392 e. The van der Waals surface area contributed by atoms with Gasteiger partial charge in [0.2, 0.25) is 0 Å². The van der Waals surface area contributed by atoms with Gasteiger partial charge in [0, 0.05) is 30.5 Å². The minimum absolute atomic E-state index is 0.240. The fourth-order valence-corrected chi connectivity index (χ4v) is 2.20. The fraction of sp³-hybridized carbons (Fsp3) is 0.417. The highest BCUT2D eigenvalue weighted by atomic mass is 16.3. The van der Waals surface area contributed by atoms with Crippen LogP contribution in [0.4, 0.5) is 0 Å². The van der Waals surface area contributed by atoms with Crippen LogP contribution in [-0.2, 0) is 6.54 Å². The van der Waals surface area contributed by atoms with Gasteiger partial charge in [0.25, 0.3) is 0 Å². The molecule has 6 nitrogen and oxygen atoms in total. The second-order valence-electron chi connectivity index (χ2n) is 4.56. The summed E-state index contributed by atoms with van der Waals surface area (Å²) in [5, 5.41) is 20.9. The topological polar surface area (TPSA) is 75.9 Å². The van der Waals surface area contributed by atoms with E-state index in [4.69, 9.17) is 0 Å². The normalized spacial score (nSPS) is 23.4. The Morgan fingerprint density at radius 3 is 3.17 bits per heavy atom. The Morgan fingerprint density at radius 2 is 2.44 bits per heavy atom. The second-order valence-corrected chi connectivity index (χ2v) is 4.56. The summed E-state index contributed by atoms with van der Waals surface area (Å²) in [5.74, 6) is 0. The lowest BCUT2D eigenvalue weighted by atomic mass is 10.2. The van der Waals surface area contributed by atoms with Gasteiger partial charge < -0.3 is 10.4 Å². The summed E-state index contributed by atoms with van der Waals surface area (Å²) in [4.78, 5) is 4.06. The monoisotopic (exact) mass is 245 g/mol. The van der Waals surface area contributed by atoms with Crippen LogP contribution in [0.5, 0.6) is 0 Å². The largest absolute Gasteiger partial charge is 0.392 e. The molecule has 0 spiro atoms. The third kappa shape index (κ3) is 2.39. The van der Waals surface area contributed by atoms with Gasteiger partial charge >= 0.3 is 0 Å². The van der Waals surface area contributed by atoms with Crippen molar-refractivity contribution in [3.63, 3.8) is 0 Å². The minimum atomic E-state index is -0.240. The summed E-state index contributed by atoms with van der Waals surface area (Å²) >= 11 is 0. The second kappa shape index (κ2) is 4.83. The molecule has 2 aromatic heterocycles. The molecule has 2 aromatic rings. The van der Waals surface area contributed by atoms with Crippen molar-refractivity contribution < 1.29 is 5.11 Å². The number of pyridine rings is 1. The molecule has 2 N–H and O–H groups in total. The zero-order valence-electron chi connectivity index (χ0n) is 9.90. The van der Waals surface area contributed by atoms with Gasteiger partial charge in [-0.05, 0) is 18.6 Å². The molecular weight excluding hydrogens is 230 g/mol. The first-order valence-electron chi connectivity index (χ1n) is 6.03. The molecule has 94 valence electrons. The number of nitrogens with one attached hydrogen (secondary N) is 1. The molecule has 1 saturated heterocycles. The van der Waals surface area contributed by atoms with E-state index in [1.54, 1.807) is 17.1 Å². The van der Waals surface area contributed by atoms with Crippen molar-refractivity contribution in [2.75, 3.05) is 6.54 Å². The standard InChI is InChI=1S/C12H15N5O/c18-11-4-10(14-6-11)7-17-8-12(15-16-17)9-2-1-3-13-5-9/h1-3,5,8,10-11,14,18H,4,6-7H2/t10-,11-/m1/s1. The maximum Gasteiger partial charge on any atom is 0.114 e. The molecule has 6 heteroatoms. The first-order valence-corrected chi connectivity index (χ1v) is 6.03. The molecule has 1 aliphatic rings. The van der Waals surface area contributed by atoms with Crippen molar-refractivity contribution >= 4 is 0 Å². The van der Waals surface area contributed by atoms with Gasteiger partial charge in [-0.1, -0.05) is 5.21 Å². The number of hydrogen-bond acceptors (Lipinski definition) is 5. The van der Waals surface area contributed by atoms with E-state index in [-0.39, 0.29) is 12.1 Å². The van der Waals surface area contributed by atoms with Gasteiger partial charge in [0.05, 0.1) is 18.8 Å². The van der Waals surface area contributed by atoms with Crippen molar-refractivity contribution in [2.45, 2.75) is 25.1 Å². The summed E-state index contributed by atoms with van der Waals surface area (Å²) in [5.41, 5.74) is 1.78. The van der Waals surface area contributed by atoms with Crippen LogP contribution in [0.2, 0.25) is 0 Å². The van der Waals surface area contributed by atoms with E-state index in [9.17, 15) is 5.11 Å². The van der Waals surface area contributed by atoms with E-state index in [0.717, 1.165) is 24.2 Å². The van der Waals surface area contributed by atoms with Crippen LogP contribution >= 0.6 is 0 Å². The zero-order valence-corrected chi connectivity index (χ0v) is 9.90. The highest BCUT2D eigenvalue weighted by Gasteiger charge is 2.22. The third-order valence-electron chi connectivity index (χ3n) is 3.10. The van der Waals surface area contributed by atoms with Crippen molar-refractivity contribution in [2.24, 2.45) is 0 Å². The molecule has 2 atom stereocenters. The lowest BCUT2D eigenvalue weighted by Crippen LogP contribution is -2.26. The van der Waals surface area contributed by atoms with Crippen LogP contribution in [-0.4, -0.2) is 43.8 Å². The average molecular weight is 245 g/mol. The molecule has 0 bridgehead atoms. The molecule has 18 heavy (non-hydrogen) atoms. The van der Waals surface area contributed by atoms with Crippen molar-refractivity contribution in [1.29, 1.82) is 0 Å². The quantitative estimate of drug-likeness (QED) is 0.800. The van der Waals surface area contributed by atoms with Crippen LogP contribution in [0.1, 0.15) is 6.42 Å². The Morgan fingerprint density at radius 1 is 1.50 bits per heavy atom. The molecule has 0 aromatic carbocycles. The number of aliphatic hydroxyl groups excluding tert-OH is 1. The van der Waals surface area contributed by atoms with Crippen LogP contribution in [0.3, 0.4) is 0 Å². The fourth-order valence-electron chi connectivity index (χ4n) is 2.20. The predicted molar refractivity (Wildman–Crippen MR) is 65.7 cm³/mol. The van der Waals surface area contributed by atoms with E-state index in [1.165, 1.54) is 0 Å². The Bertz CT molecular complexity index is 512. The molecule has 1 fully saturated rings. The molecule has 0 saturated carbocycles. The summed E-state index contributed by atoms with van der Waals surface area (Å²) in [6, 6.07) is 4.10. The van der Waals surface area contributed by atoms with Gasteiger partial charge in [0.1, 0.15) is 5.69 Å². The van der Waals surface area contributed by atoms with E-state index in [0.29, 0.717) is 6.54 Å². The SMILES string of the molecule is O[C@H]1CN[C@@H](Cn2cc(-c3cccnc3)nn2)C1. The van der Waals surface area contributed by atoms with E-state index in [1.807, 2.05) is 18.3 Å². The smallest absolute Gasteiger partial charge is 0.114 e. The highest BCUT2D eigenvalue weighted by molar-refractivity contribution is 5.55. The number of rotatable bonds is 3. The molecular formula is C12H15N5O. The molecule has 0 unspecified atom stereocenters. The lowest BCUT2D eigenvalue weighted by molar-refractivity contribution is 0.192. The molecule has 0 amide bonds. The maximum absolute atomic E-state index is 9.44. The average Bonchev–Trinajstić information content (AvgIpc) is 3.01. The number of hydrogen-bond donors (Lipinski definition) is 2. The summed E-state index contributed by atoms with van der Waals surface area (Å²) in [7, 11) is 0. The van der Waals surface area contributed by atoms with Crippen LogP contribution in [0, 0.1) is 0 Å². The van der Waals surface area contributed by atoms with Gasteiger partial charge in [-0.3, -0.25) is 9.67 Å². The molecule has 0 aliphatic carbocycles. The van der Waals surface area contributed by atoms with Crippen molar-refractivity contribution in [3.05, 3.63) is 30.7 Å². The van der Waals surface area contributed by atoms with Crippen molar-refractivity contribution in [3.8, 4) is 11.3 Å². The number of aliphatic hydroxyl groups is 1. The molecule has 0 radical (unpaired) electrons. The first kappa shape index (κ1) is 11.3. The summed E-state index contributed by atoms with van der Waals surface area (Å²) < 4.78 is 1.80. The molecule has 3 heterocycles. The van der Waals surface area contributed by atoms with E-state index >= 15 is 0 Å². The Hall–Kier alpha value is -1.79. The number of nitrogens with zero attached hydrogens (tertiary/aromatic N) is 4. The number of β-amino-alcohol motifs (C(OH)–C–C–N with tert-alkyl or cyclic N) is 1. The first-order chi connectivity index (χ1) is 8.81. The van der Waals surface area contributed by atoms with Crippen LogP contribution in [0.25, 0.3) is 11.3 Å². The zero-order chi connectivity index (χ0) is 12.4. The van der Waals surface area contributed by atoms with Gasteiger partial charge in [-0.15, -0.1) is 5.10 Å². The van der Waals surface area contributed by atoms with E-state index in [2.05, 4.69) is 20.6 Å². The Balaban J connectivity index is 1.70. The van der Waals surface area contributed by atoms with Crippen LogP contribution in [0.15, 0.2) is 30.7 Å². The lowest BCUT2D eigenvalue weighted by Gasteiger charge is -2.08. The number of aromatic nitrogens is 4. The Labute approximate surface area is 105 Å². The molecule has 3 rings (SSSR count). The summed E-state index contributed by atoms with van der Waals surface area (Å²) in [6.07, 6.45) is 5.94. The highest BCUT2D eigenvalue weighted by Crippen LogP contribution is 2.14. The Kier molecular flexibility index (Phi) is 3.04. The maximum atomic E-state index is 9.44. The van der Waals surface area contributed by atoms with Crippen LogP contribution < -0.4 is 5.32 Å². The van der Waals surface area contributed by atoms with Gasteiger partial charge in [-0.25, -0.2) is 0 Å². The predicted octanol–water partition coefficient (Wildman–Crippen LogP) is 0.0629. The summed E-state index contributed by atoms with van der Waals surface area (Å²) in [6.45, 7) is 1.39. The molecule has 1 aliphatic heterocycles. The van der Waals surface area contributed by atoms with Gasteiger partial charge in [-0.2, -0.15) is 0 Å².